The Labute approximate surface area is 160 Å². The standard InChI is InChI=1S/C19H27N3O4S/c1-21-10-6-7-16(21)17(22-11-4-5-12-22)14-20-27(23,24)19-13-15(25-2)8-9-18(19)26-3/h6-10,13,17,20H,4-5,11-12,14H2,1-3H3/t17-/m0/s1. The van der Waals surface area contributed by atoms with E-state index >= 15 is 0 Å². The van der Waals surface area contributed by atoms with Crippen LogP contribution in [0.1, 0.15) is 24.6 Å². The lowest BCUT2D eigenvalue weighted by molar-refractivity contribution is 0.238. The van der Waals surface area contributed by atoms with E-state index < -0.39 is 10.0 Å². The number of aryl methyl sites for hydroxylation is 1. The molecule has 1 fully saturated rings. The van der Waals surface area contributed by atoms with Crippen LogP contribution in [0.3, 0.4) is 0 Å². The Kier molecular flexibility index (Phi) is 6.08. The molecule has 1 aliphatic heterocycles. The minimum Gasteiger partial charge on any atom is -0.497 e. The zero-order valence-electron chi connectivity index (χ0n) is 16.0. The smallest absolute Gasteiger partial charge is 0.244 e. The number of ether oxygens (including phenoxy) is 2. The molecular formula is C19H27N3O4S. The highest BCUT2D eigenvalue weighted by molar-refractivity contribution is 7.89. The minimum atomic E-state index is -3.76. The van der Waals surface area contributed by atoms with Crippen molar-refractivity contribution >= 4 is 10.0 Å². The van der Waals surface area contributed by atoms with Crippen molar-refractivity contribution in [2.24, 2.45) is 7.05 Å². The lowest BCUT2D eigenvalue weighted by Gasteiger charge is -2.28. The number of likely N-dealkylation sites (tertiary alicyclic amines) is 1. The van der Waals surface area contributed by atoms with Gasteiger partial charge in [-0.2, -0.15) is 0 Å². The molecule has 1 aromatic carbocycles. The maximum absolute atomic E-state index is 13.0. The van der Waals surface area contributed by atoms with Gasteiger partial charge in [-0.05, 0) is 50.2 Å². The molecule has 0 bridgehead atoms. The van der Waals surface area contributed by atoms with Crippen LogP contribution in [-0.2, 0) is 17.1 Å². The number of benzene rings is 1. The highest BCUT2D eigenvalue weighted by Crippen LogP contribution is 2.29. The summed E-state index contributed by atoms with van der Waals surface area (Å²) in [5.74, 6) is 0.759. The second-order valence-corrected chi connectivity index (χ2v) is 8.41. The van der Waals surface area contributed by atoms with Crippen LogP contribution in [0.2, 0.25) is 0 Å². The van der Waals surface area contributed by atoms with E-state index in [0.29, 0.717) is 18.0 Å². The first-order valence-corrected chi connectivity index (χ1v) is 10.5. The molecule has 2 heterocycles. The maximum atomic E-state index is 13.0. The second kappa shape index (κ2) is 8.33. The van der Waals surface area contributed by atoms with Gasteiger partial charge in [0.1, 0.15) is 16.4 Å². The highest BCUT2D eigenvalue weighted by Gasteiger charge is 2.28. The van der Waals surface area contributed by atoms with Crippen molar-refractivity contribution in [1.29, 1.82) is 0 Å². The summed E-state index contributed by atoms with van der Waals surface area (Å²) in [4.78, 5) is 2.41. The highest BCUT2D eigenvalue weighted by atomic mass is 32.2. The summed E-state index contributed by atoms with van der Waals surface area (Å²) >= 11 is 0. The van der Waals surface area contributed by atoms with Crippen LogP contribution in [0.25, 0.3) is 0 Å². The topological polar surface area (TPSA) is 72.8 Å². The molecule has 27 heavy (non-hydrogen) atoms. The quantitative estimate of drug-likeness (QED) is 0.744. The molecule has 3 rings (SSSR count). The SMILES string of the molecule is COc1ccc(OC)c(S(=O)(=O)NC[C@@H](c2cccn2C)N2CCCC2)c1. The van der Waals surface area contributed by atoms with E-state index in [1.807, 2.05) is 29.9 Å². The third-order valence-corrected chi connectivity index (χ3v) is 6.48. The van der Waals surface area contributed by atoms with Gasteiger partial charge in [0, 0.05) is 31.5 Å². The van der Waals surface area contributed by atoms with E-state index in [9.17, 15) is 8.42 Å². The van der Waals surface area contributed by atoms with Crippen LogP contribution in [-0.4, -0.2) is 51.7 Å². The fraction of sp³-hybridized carbons (Fsp3) is 0.474. The minimum absolute atomic E-state index is 0.0149. The Balaban J connectivity index is 1.85. The Morgan fingerprint density at radius 1 is 1.15 bits per heavy atom. The molecule has 0 radical (unpaired) electrons. The second-order valence-electron chi connectivity index (χ2n) is 6.67. The number of rotatable bonds is 8. The molecule has 1 atom stereocenters. The number of nitrogens with zero attached hydrogens (tertiary/aromatic N) is 2. The first kappa shape index (κ1) is 19.7. The molecule has 1 N–H and O–H groups in total. The summed E-state index contributed by atoms with van der Waals surface area (Å²) in [6.45, 7) is 2.24. The summed E-state index contributed by atoms with van der Waals surface area (Å²) in [5.41, 5.74) is 1.09. The van der Waals surface area contributed by atoms with E-state index in [4.69, 9.17) is 9.47 Å². The van der Waals surface area contributed by atoms with E-state index in [0.717, 1.165) is 31.6 Å². The van der Waals surface area contributed by atoms with Crippen LogP contribution in [0, 0.1) is 0 Å². The molecule has 2 aromatic rings. The van der Waals surface area contributed by atoms with E-state index in [1.54, 1.807) is 12.1 Å². The fourth-order valence-corrected chi connectivity index (χ4v) is 4.78. The molecule has 0 saturated carbocycles. The maximum Gasteiger partial charge on any atom is 0.244 e. The molecule has 0 aliphatic carbocycles. The van der Waals surface area contributed by atoms with Crippen molar-refractivity contribution in [2.75, 3.05) is 33.9 Å². The average Bonchev–Trinajstić information content (AvgIpc) is 3.34. The number of hydrogen-bond donors (Lipinski definition) is 1. The van der Waals surface area contributed by atoms with Gasteiger partial charge in [-0.1, -0.05) is 0 Å². The Bertz CT molecular complexity index is 873. The normalized spacial score (nSPS) is 16.4. The first-order valence-electron chi connectivity index (χ1n) is 9.03. The average molecular weight is 394 g/mol. The van der Waals surface area contributed by atoms with Gasteiger partial charge in [0.05, 0.1) is 20.3 Å². The van der Waals surface area contributed by atoms with E-state index in [1.165, 1.54) is 20.3 Å². The fourth-order valence-electron chi connectivity index (χ4n) is 3.55. The summed E-state index contributed by atoms with van der Waals surface area (Å²) in [5, 5.41) is 0. The monoisotopic (exact) mass is 393 g/mol. The lowest BCUT2D eigenvalue weighted by Crippen LogP contribution is -2.37. The van der Waals surface area contributed by atoms with Crippen molar-refractivity contribution in [3.8, 4) is 11.5 Å². The summed E-state index contributed by atoms with van der Waals surface area (Å²) < 4.78 is 41.2. The molecule has 1 aromatic heterocycles. The Hall–Kier alpha value is -2.03. The van der Waals surface area contributed by atoms with Gasteiger partial charge in [0.25, 0.3) is 0 Å². The molecule has 0 amide bonds. The van der Waals surface area contributed by atoms with Crippen molar-refractivity contribution in [1.82, 2.24) is 14.2 Å². The predicted molar refractivity (Wildman–Crippen MR) is 104 cm³/mol. The van der Waals surface area contributed by atoms with Gasteiger partial charge >= 0.3 is 0 Å². The number of aromatic nitrogens is 1. The zero-order valence-corrected chi connectivity index (χ0v) is 16.8. The summed E-state index contributed by atoms with van der Waals surface area (Å²) in [6.07, 6.45) is 4.26. The third kappa shape index (κ3) is 4.28. The van der Waals surface area contributed by atoms with Gasteiger partial charge in [-0.15, -0.1) is 0 Å². The van der Waals surface area contributed by atoms with Crippen LogP contribution >= 0.6 is 0 Å². The summed E-state index contributed by atoms with van der Waals surface area (Å²) in [7, 11) is 1.19. The number of methoxy groups -OCH3 is 2. The molecule has 0 spiro atoms. The molecular weight excluding hydrogens is 366 g/mol. The van der Waals surface area contributed by atoms with Crippen LogP contribution in [0.15, 0.2) is 41.4 Å². The van der Waals surface area contributed by atoms with Crippen molar-refractivity contribution in [2.45, 2.75) is 23.8 Å². The van der Waals surface area contributed by atoms with Gasteiger partial charge < -0.3 is 14.0 Å². The van der Waals surface area contributed by atoms with Crippen molar-refractivity contribution in [3.63, 3.8) is 0 Å². The molecule has 0 unspecified atom stereocenters. The Morgan fingerprint density at radius 3 is 2.48 bits per heavy atom. The molecule has 1 aliphatic rings. The zero-order chi connectivity index (χ0) is 19.4. The number of sulfonamides is 1. The van der Waals surface area contributed by atoms with Gasteiger partial charge in [-0.3, -0.25) is 4.90 Å². The van der Waals surface area contributed by atoms with Crippen LogP contribution in [0.5, 0.6) is 11.5 Å². The van der Waals surface area contributed by atoms with E-state index in [2.05, 4.69) is 9.62 Å². The molecule has 8 heteroatoms. The van der Waals surface area contributed by atoms with Crippen LogP contribution < -0.4 is 14.2 Å². The molecule has 1 saturated heterocycles. The predicted octanol–water partition coefficient (Wildman–Crippen LogP) is 2.16. The Morgan fingerprint density at radius 2 is 1.89 bits per heavy atom. The summed E-state index contributed by atoms with van der Waals surface area (Å²) in [6, 6.07) is 8.77. The van der Waals surface area contributed by atoms with Crippen LogP contribution in [0.4, 0.5) is 0 Å². The van der Waals surface area contributed by atoms with Gasteiger partial charge in [-0.25, -0.2) is 13.1 Å². The molecule has 148 valence electrons. The molecule has 7 nitrogen and oxygen atoms in total. The van der Waals surface area contributed by atoms with Crippen molar-refractivity contribution < 1.29 is 17.9 Å². The van der Waals surface area contributed by atoms with Crippen molar-refractivity contribution in [3.05, 3.63) is 42.2 Å². The third-order valence-electron chi connectivity index (χ3n) is 5.03. The number of hydrogen-bond acceptors (Lipinski definition) is 5. The first-order chi connectivity index (χ1) is 13.0. The van der Waals surface area contributed by atoms with Gasteiger partial charge in [0.15, 0.2) is 0 Å². The lowest BCUT2D eigenvalue weighted by atomic mass is 10.2. The number of nitrogens with one attached hydrogen (secondary N) is 1. The largest absolute Gasteiger partial charge is 0.497 e. The van der Waals surface area contributed by atoms with Gasteiger partial charge in [0.2, 0.25) is 10.0 Å². The van der Waals surface area contributed by atoms with E-state index in [-0.39, 0.29) is 10.9 Å².